The number of nitrogens with zero attached hydrogens (tertiary/aromatic N) is 1. The van der Waals surface area contributed by atoms with Crippen molar-refractivity contribution in [3.8, 4) is 0 Å². The second-order valence-electron chi connectivity index (χ2n) is 3.75. The van der Waals surface area contributed by atoms with E-state index in [0.717, 1.165) is 5.56 Å². The first-order chi connectivity index (χ1) is 8.58. The van der Waals surface area contributed by atoms with E-state index in [9.17, 15) is 9.18 Å². The highest BCUT2D eigenvalue weighted by atomic mass is 79.9. The number of benzene rings is 1. The first kappa shape index (κ1) is 12.7. The number of pyridine rings is 1. The Kier molecular flexibility index (Phi) is 3.72. The fraction of sp³-hybridized carbons (Fsp3) is 0.0769. The van der Waals surface area contributed by atoms with Gasteiger partial charge in [0.25, 0.3) is 0 Å². The Morgan fingerprint density at radius 2 is 1.94 bits per heavy atom. The molecule has 1 heterocycles. The summed E-state index contributed by atoms with van der Waals surface area (Å²) in [7, 11) is 0. The van der Waals surface area contributed by atoms with Crippen molar-refractivity contribution in [3.63, 3.8) is 0 Å². The summed E-state index contributed by atoms with van der Waals surface area (Å²) in [4.78, 5) is 15.5. The van der Waals surface area contributed by atoms with Crippen molar-refractivity contribution in [3.05, 3.63) is 59.5 Å². The van der Waals surface area contributed by atoms with Crippen molar-refractivity contribution in [1.29, 1.82) is 0 Å². The summed E-state index contributed by atoms with van der Waals surface area (Å²) in [6.45, 7) is 0. The summed E-state index contributed by atoms with van der Waals surface area (Å²) in [6, 6.07) is 8.76. The normalized spacial score (nSPS) is 12.1. The molecule has 18 heavy (non-hydrogen) atoms. The van der Waals surface area contributed by atoms with Gasteiger partial charge in [0.2, 0.25) is 0 Å². The number of carbonyl (C=O) groups is 1. The van der Waals surface area contributed by atoms with Crippen LogP contribution in [0.2, 0.25) is 0 Å². The second kappa shape index (κ2) is 5.27. The predicted molar refractivity (Wildman–Crippen MR) is 71.0 cm³/mol. The Bertz CT molecular complexity index is 571. The lowest BCUT2D eigenvalue weighted by Crippen LogP contribution is -2.07. The summed E-state index contributed by atoms with van der Waals surface area (Å²) in [5, 5.41) is 0. The van der Waals surface area contributed by atoms with Crippen LogP contribution in [0, 0.1) is 5.82 Å². The third kappa shape index (κ3) is 2.73. The molecule has 3 nitrogen and oxygen atoms in total. The molecule has 1 atom stereocenters. The zero-order valence-corrected chi connectivity index (χ0v) is 10.9. The molecule has 92 valence electrons. The lowest BCUT2D eigenvalue weighted by atomic mass is 10.0. The van der Waals surface area contributed by atoms with E-state index >= 15 is 0 Å². The van der Waals surface area contributed by atoms with Gasteiger partial charge in [-0.2, -0.15) is 0 Å². The lowest BCUT2D eigenvalue weighted by molar-refractivity contribution is 0.0991. The highest BCUT2D eigenvalue weighted by molar-refractivity contribution is 9.09. The summed E-state index contributed by atoms with van der Waals surface area (Å²) in [5.41, 5.74) is 6.72. The van der Waals surface area contributed by atoms with E-state index in [4.69, 9.17) is 5.73 Å². The van der Waals surface area contributed by atoms with Gasteiger partial charge in [-0.05, 0) is 42.0 Å². The number of ketones is 1. The van der Waals surface area contributed by atoms with Crippen molar-refractivity contribution in [1.82, 2.24) is 4.98 Å². The Morgan fingerprint density at radius 3 is 2.56 bits per heavy atom. The Labute approximate surface area is 112 Å². The number of anilines is 1. The smallest absolute Gasteiger partial charge is 0.180 e. The van der Waals surface area contributed by atoms with Crippen molar-refractivity contribution >= 4 is 27.5 Å². The van der Waals surface area contributed by atoms with Gasteiger partial charge in [0, 0.05) is 11.8 Å². The van der Waals surface area contributed by atoms with Crippen molar-refractivity contribution in [2.75, 3.05) is 5.73 Å². The SMILES string of the molecule is Nc1cc([C@@H](Br)C(=O)c2ccc(F)cc2)ccn1. The molecule has 0 radical (unpaired) electrons. The van der Waals surface area contributed by atoms with Crippen LogP contribution in [0.5, 0.6) is 0 Å². The number of halogens is 2. The molecule has 2 aromatic rings. The number of hydrogen-bond acceptors (Lipinski definition) is 3. The molecule has 0 aliphatic carbocycles. The molecule has 0 saturated carbocycles. The lowest BCUT2D eigenvalue weighted by Gasteiger charge is -2.09. The van der Waals surface area contributed by atoms with E-state index in [0.29, 0.717) is 11.4 Å². The molecule has 1 aromatic carbocycles. The summed E-state index contributed by atoms with van der Waals surface area (Å²) >= 11 is 3.31. The van der Waals surface area contributed by atoms with Crippen molar-refractivity contribution in [2.45, 2.75) is 4.83 Å². The van der Waals surface area contributed by atoms with Crippen LogP contribution in [0.25, 0.3) is 0 Å². The Balaban J connectivity index is 2.26. The first-order valence-corrected chi connectivity index (χ1v) is 6.15. The van der Waals surface area contributed by atoms with E-state index in [-0.39, 0.29) is 11.6 Å². The quantitative estimate of drug-likeness (QED) is 0.700. The topological polar surface area (TPSA) is 56.0 Å². The molecule has 0 spiro atoms. The maximum Gasteiger partial charge on any atom is 0.180 e. The molecule has 0 aliphatic rings. The van der Waals surface area contributed by atoms with Gasteiger partial charge in [-0.1, -0.05) is 15.9 Å². The van der Waals surface area contributed by atoms with Crippen LogP contribution in [0.15, 0.2) is 42.6 Å². The van der Waals surface area contributed by atoms with Crippen LogP contribution >= 0.6 is 15.9 Å². The minimum absolute atomic E-state index is 0.152. The minimum atomic E-state index is -0.520. The van der Waals surface area contributed by atoms with Gasteiger partial charge in [0.15, 0.2) is 5.78 Å². The number of rotatable bonds is 3. The largest absolute Gasteiger partial charge is 0.384 e. The molecular weight excluding hydrogens is 299 g/mol. The number of nitrogens with two attached hydrogens (primary N) is 1. The maximum atomic E-state index is 12.8. The van der Waals surface area contributed by atoms with Crippen LogP contribution in [-0.2, 0) is 0 Å². The predicted octanol–water partition coefficient (Wildman–Crippen LogP) is 3.12. The van der Waals surface area contributed by atoms with Gasteiger partial charge in [-0.15, -0.1) is 0 Å². The molecule has 2 rings (SSSR count). The number of Topliss-reactive ketones (excluding diaryl/α,β-unsaturated/α-hetero) is 1. The summed E-state index contributed by atoms with van der Waals surface area (Å²) < 4.78 is 12.8. The molecular formula is C13H10BrFN2O. The number of hydrogen-bond donors (Lipinski definition) is 1. The van der Waals surface area contributed by atoms with Crippen LogP contribution < -0.4 is 5.73 Å². The number of aromatic nitrogens is 1. The third-order valence-electron chi connectivity index (χ3n) is 2.46. The molecule has 2 N–H and O–H groups in total. The van der Waals surface area contributed by atoms with Crippen molar-refractivity contribution < 1.29 is 9.18 Å². The van der Waals surface area contributed by atoms with Crippen LogP contribution in [0.3, 0.4) is 0 Å². The zero-order chi connectivity index (χ0) is 13.1. The third-order valence-corrected chi connectivity index (χ3v) is 3.40. The van der Waals surface area contributed by atoms with Crippen LogP contribution in [0.1, 0.15) is 20.7 Å². The van der Waals surface area contributed by atoms with E-state index in [1.807, 2.05) is 0 Å². The Hall–Kier alpha value is -1.75. The number of nitrogen functional groups attached to an aromatic ring is 1. The monoisotopic (exact) mass is 308 g/mol. The van der Waals surface area contributed by atoms with E-state index < -0.39 is 4.83 Å². The average molecular weight is 309 g/mol. The van der Waals surface area contributed by atoms with Gasteiger partial charge in [-0.3, -0.25) is 4.79 Å². The van der Waals surface area contributed by atoms with Gasteiger partial charge in [0.05, 0.1) is 0 Å². The van der Waals surface area contributed by atoms with Crippen LogP contribution in [-0.4, -0.2) is 10.8 Å². The van der Waals surface area contributed by atoms with E-state index in [1.54, 1.807) is 12.1 Å². The second-order valence-corrected chi connectivity index (χ2v) is 4.66. The van der Waals surface area contributed by atoms with E-state index in [2.05, 4.69) is 20.9 Å². The van der Waals surface area contributed by atoms with Crippen LogP contribution in [0.4, 0.5) is 10.2 Å². The maximum absolute atomic E-state index is 12.8. The molecule has 0 saturated heterocycles. The summed E-state index contributed by atoms with van der Waals surface area (Å²) in [6.07, 6.45) is 1.54. The van der Waals surface area contributed by atoms with Gasteiger partial charge in [-0.25, -0.2) is 9.37 Å². The van der Waals surface area contributed by atoms with Gasteiger partial charge < -0.3 is 5.73 Å². The standard InChI is InChI=1S/C13H10BrFN2O/c14-12(9-5-6-17-11(16)7-9)13(18)8-1-3-10(15)4-2-8/h1-7,12H,(H2,16,17)/t12-/m1/s1. The fourth-order valence-corrected chi connectivity index (χ4v) is 2.08. The molecule has 1 aromatic heterocycles. The first-order valence-electron chi connectivity index (χ1n) is 5.23. The minimum Gasteiger partial charge on any atom is -0.384 e. The molecule has 0 fully saturated rings. The average Bonchev–Trinajstić information content (AvgIpc) is 2.38. The fourth-order valence-electron chi connectivity index (χ4n) is 1.54. The molecule has 0 amide bonds. The highest BCUT2D eigenvalue weighted by Gasteiger charge is 2.19. The highest BCUT2D eigenvalue weighted by Crippen LogP contribution is 2.27. The van der Waals surface area contributed by atoms with Crippen molar-refractivity contribution in [2.24, 2.45) is 0 Å². The Morgan fingerprint density at radius 1 is 1.28 bits per heavy atom. The molecule has 0 aliphatic heterocycles. The molecule has 5 heteroatoms. The number of carbonyl (C=O) groups excluding carboxylic acids is 1. The molecule has 0 bridgehead atoms. The zero-order valence-electron chi connectivity index (χ0n) is 9.31. The van der Waals surface area contributed by atoms with Gasteiger partial charge in [0.1, 0.15) is 16.5 Å². The van der Waals surface area contributed by atoms with E-state index in [1.165, 1.54) is 30.5 Å². The molecule has 0 unspecified atom stereocenters. The number of alkyl halides is 1. The summed E-state index contributed by atoms with van der Waals surface area (Å²) in [5.74, 6) is -0.171. The van der Waals surface area contributed by atoms with Gasteiger partial charge >= 0.3 is 0 Å².